The van der Waals surface area contributed by atoms with Gasteiger partial charge in [-0.2, -0.15) is 4.68 Å². The Morgan fingerprint density at radius 3 is 2.47 bits per heavy atom. The largest absolute Gasteiger partial charge is 0.573 e. The molecule has 0 bridgehead atoms. The minimum Gasteiger partial charge on any atom is -0.406 e. The highest BCUT2D eigenvalue weighted by molar-refractivity contribution is 5.85. The van der Waals surface area contributed by atoms with Crippen LogP contribution in [0.15, 0.2) is 77.9 Å². The number of ether oxygens (including phenoxy) is 1. The second-order valence-electron chi connectivity index (χ2n) is 7.03. The van der Waals surface area contributed by atoms with E-state index in [4.69, 9.17) is 0 Å². The number of fused-ring (bicyclic) bond motifs is 2. The van der Waals surface area contributed by atoms with Crippen LogP contribution in [-0.4, -0.2) is 30.9 Å². The number of hydrogen-bond acceptors (Lipinski definition) is 5. The summed E-state index contributed by atoms with van der Waals surface area (Å²) in [7, 11) is 0. The summed E-state index contributed by atoms with van der Waals surface area (Å²) in [6.07, 6.45) is -3.37. The van der Waals surface area contributed by atoms with Gasteiger partial charge >= 0.3 is 6.36 Å². The molecule has 0 saturated heterocycles. The molecular weight excluding hydrogens is 423 g/mol. The van der Waals surface area contributed by atoms with Crippen LogP contribution in [0.1, 0.15) is 5.56 Å². The van der Waals surface area contributed by atoms with Gasteiger partial charge in [-0.1, -0.05) is 47.7 Å². The quantitative estimate of drug-likeness (QED) is 0.424. The number of hydrogen-bond donors (Lipinski definition) is 0. The fourth-order valence-corrected chi connectivity index (χ4v) is 3.53. The van der Waals surface area contributed by atoms with Crippen LogP contribution in [0.5, 0.6) is 5.75 Å². The Morgan fingerprint density at radius 1 is 0.938 bits per heavy atom. The van der Waals surface area contributed by atoms with Gasteiger partial charge < -0.3 is 4.74 Å². The normalized spacial score (nSPS) is 11.8. The van der Waals surface area contributed by atoms with E-state index in [1.165, 1.54) is 27.7 Å². The van der Waals surface area contributed by atoms with Gasteiger partial charge in [-0.3, -0.25) is 9.36 Å². The van der Waals surface area contributed by atoms with Crippen LogP contribution in [0.4, 0.5) is 13.2 Å². The molecule has 0 fully saturated rings. The lowest BCUT2D eigenvalue weighted by Crippen LogP contribution is -2.21. The lowest BCUT2D eigenvalue weighted by Gasteiger charge is -2.10. The van der Waals surface area contributed by atoms with Gasteiger partial charge in [-0.25, -0.2) is 4.98 Å². The maximum Gasteiger partial charge on any atom is 0.573 e. The second kappa shape index (κ2) is 7.49. The zero-order valence-corrected chi connectivity index (χ0v) is 16.3. The Balaban J connectivity index is 1.49. The van der Waals surface area contributed by atoms with Crippen molar-refractivity contribution in [2.45, 2.75) is 12.9 Å². The predicted molar refractivity (Wildman–Crippen MR) is 111 cm³/mol. The van der Waals surface area contributed by atoms with E-state index in [0.717, 1.165) is 28.5 Å². The second-order valence-corrected chi connectivity index (χ2v) is 7.03. The Bertz CT molecular complexity index is 1480. The first-order valence-electron chi connectivity index (χ1n) is 9.53. The molecule has 0 aliphatic heterocycles. The van der Waals surface area contributed by atoms with Crippen molar-refractivity contribution in [1.29, 1.82) is 0 Å². The van der Waals surface area contributed by atoms with Crippen molar-refractivity contribution in [3.63, 3.8) is 0 Å². The third-order valence-corrected chi connectivity index (χ3v) is 4.96. The molecule has 0 unspecified atom stereocenters. The maximum atomic E-state index is 13.0. The lowest BCUT2D eigenvalue weighted by atomic mass is 10.0. The molecule has 10 heteroatoms. The van der Waals surface area contributed by atoms with Crippen molar-refractivity contribution >= 4 is 21.9 Å². The molecular formula is C22H14F3N5O2. The molecule has 32 heavy (non-hydrogen) atoms. The number of aromatic nitrogens is 5. The first-order chi connectivity index (χ1) is 15.4. The number of alkyl halides is 3. The van der Waals surface area contributed by atoms with E-state index in [2.05, 4.69) is 20.0 Å². The molecule has 0 aliphatic carbocycles. The molecule has 3 aromatic carbocycles. The van der Waals surface area contributed by atoms with E-state index in [1.54, 1.807) is 0 Å². The Kier molecular flexibility index (Phi) is 4.62. The standard InChI is InChI=1S/C22H14F3N5O2/c23-22(24,25)32-17-10-8-16(9-11-17)30-20-19(27-28-30)21(31)29(13-26-20)12-15-6-3-5-14-4-1-2-7-18(14)15/h1-11,13H,12H2. The summed E-state index contributed by atoms with van der Waals surface area (Å²) in [5.74, 6) is -0.365. The monoisotopic (exact) mass is 437 g/mol. The molecule has 2 aromatic heterocycles. The molecule has 5 rings (SSSR count). The summed E-state index contributed by atoms with van der Waals surface area (Å²) in [5, 5.41) is 10.0. The van der Waals surface area contributed by atoms with Gasteiger partial charge in [0.05, 0.1) is 12.2 Å². The third-order valence-electron chi connectivity index (χ3n) is 4.96. The van der Waals surface area contributed by atoms with Crippen molar-refractivity contribution in [2.75, 3.05) is 0 Å². The molecule has 0 N–H and O–H groups in total. The van der Waals surface area contributed by atoms with Crippen LogP contribution in [0.3, 0.4) is 0 Å². The summed E-state index contributed by atoms with van der Waals surface area (Å²) >= 11 is 0. The van der Waals surface area contributed by atoms with Crippen LogP contribution in [0.25, 0.3) is 27.6 Å². The zero-order chi connectivity index (χ0) is 22.3. The zero-order valence-electron chi connectivity index (χ0n) is 16.3. The highest BCUT2D eigenvalue weighted by Gasteiger charge is 2.31. The molecule has 0 radical (unpaired) electrons. The lowest BCUT2D eigenvalue weighted by molar-refractivity contribution is -0.274. The molecule has 5 aromatic rings. The summed E-state index contributed by atoms with van der Waals surface area (Å²) in [6.45, 7) is 0.305. The molecule has 2 heterocycles. The fraction of sp³-hybridized carbons (Fsp3) is 0.0909. The smallest absolute Gasteiger partial charge is 0.406 e. The molecule has 160 valence electrons. The van der Waals surface area contributed by atoms with Gasteiger partial charge in [0.2, 0.25) is 0 Å². The van der Waals surface area contributed by atoms with Gasteiger partial charge in [0.25, 0.3) is 5.56 Å². The third kappa shape index (κ3) is 3.66. The number of benzene rings is 3. The number of nitrogens with zero attached hydrogens (tertiary/aromatic N) is 5. The number of rotatable bonds is 4. The Morgan fingerprint density at radius 2 is 1.69 bits per heavy atom. The van der Waals surface area contributed by atoms with Gasteiger partial charge in [0, 0.05) is 0 Å². The molecule has 7 nitrogen and oxygen atoms in total. The van der Waals surface area contributed by atoms with Crippen LogP contribution < -0.4 is 10.3 Å². The van der Waals surface area contributed by atoms with Crippen LogP contribution in [-0.2, 0) is 6.54 Å². The Hall–Kier alpha value is -4.21. The van der Waals surface area contributed by atoms with E-state index >= 15 is 0 Å². The van der Waals surface area contributed by atoms with Crippen molar-refractivity contribution in [3.8, 4) is 11.4 Å². The summed E-state index contributed by atoms with van der Waals surface area (Å²) in [5.41, 5.74) is 1.24. The Labute approximate surface area is 178 Å². The minimum atomic E-state index is -4.78. The first kappa shape index (κ1) is 19.7. The average molecular weight is 437 g/mol. The molecule has 0 aliphatic rings. The average Bonchev–Trinajstić information content (AvgIpc) is 3.20. The van der Waals surface area contributed by atoms with Crippen LogP contribution >= 0.6 is 0 Å². The molecule has 0 spiro atoms. The van der Waals surface area contributed by atoms with Gasteiger partial charge in [0.15, 0.2) is 11.2 Å². The van der Waals surface area contributed by atoms with E-state index in [0.29, 0.717) is 12.2 Å². The van der Waals surface area contributed by atoms with Gasteiger partial charge in [-0.15, -0.1) is 18.3 Å². The SMILES string of the molecule is O=c1c2nnn(-c3ccc(OC(F)(F)F)cc3)c2ncn1Cc1cccc2ccccc12. The highest BCUT2D eigenvalue weighted by Crippen LogP contribution is 2.24. The topological polar surface area (TPSA) is 74.8 Å². The fourth-order valence-electron chi connectivity index (χ4n) is 3.53. The maximum absolute atomic E-state index is 13.0. The van der Waals surface area contributed by atoms with Crippen molar-refractivity contribution in [1.82, 2.24) is 24.5 Å². The van der Waals surface area contributed by atoms with Gasteiger partial charge in [-0.05, 0) is 40.6 Å². The van der Waals surface area contributed by atoms with E-state index < -0.39 is 6.36 Å². The summed E-state index contributed by atoms with van der Waals surface area (Å²) in [6, 6.07) is 18.8. The predicted octanol–water partition coefficient (Wildman–Crippen LogP) is 4.08. The van der Waals surface area contributed by atoms with Crippen molar-refractivity contribution in [3.05, 3.63) is 89.0 Å². The van der Waals surface area contributed by atoms with Crippen molar-refractivity contribution in [2.24, 2.45) is 0 Å². The van der Waals surface area contributed by atoms with E-state index in [1.807, 2.05) is 42.5 Å². The molecule has 0 saturated carbocycles. The number of halogens is 3. The van der Waals surface area contributed by atoms with E-state index in [-0.39, 0.29) is 22.5 Å². The minimum absolute atomic E-state index is 0.0587. The van der Waals surface area contributed by atoms with Crippen LogP contribution in [0.2, 0.25) is 0 Å². The molecule has 0 atom stereocenters. The van der Waals surface area contributed by atoms with E-state index in [9.17, 15) is 18.0 Å². The van der Waals surface area contributed by atoms with Crippen molar-refractivity contribution < 1.29 is 17.9 Å². The van der Waals surface area contributed by atoms with Gasteiger partial charge in [0.1, 0.15) is 12.1 Å². The summed E-state index contributed by atoms with van der Waals surface area (Å²) < 4.78 is 43.7. The highest BCUT2D eigenvalue weighted by atomic mass is 19.4. The van der Waals surface area contributed by atoms with Crippen LogP contribution in [0, 0.1) is 0 Å². The first-order valence-corrected chi connectivity index (χ1v) is 9.53. The summed E-state index contributed by atoms with van der Waals surface area (Å²) in [4.78, 5) is 17.3. The molecule has 0 amide bonds.